The summed E-state index contributed by atoms with van der Waals surface area (Å²) in [5.74, 6) is 0. The van der Waals surface area contributed by atoms with Crippen LogP contribution in [0.1, 0.15) is 40.5 Å². The third-order valence-corrected chi connectivity index (χ3v) is 1.79. The standard InChI is InChI=1S/C10H18/c1-5-7-8-10(4)9(3)6-2/h6,8H,5,7H2,1-4H3. The second-order valence-electron chi connectivity index (χ2n) is 2.65. The van der Waals surface area contributed by atoms with Crippen LogP contribution in [0.2, 0.25) is 0 Å². The quantitative estimate of drug-likeness (QED) is 0.522. The first-order chi connectivity index (χ1) is 4.72. The van der Waals surface area contributed by atoms with Gasteiger partial charge in [-0.1, -0.05) is 36.6 Å². The van der Waals surface area contributed by atoms with Gasteiger partial charge >= 0.3 is 0 Å². The highest BCUT2D eigenvalue weighted by molar-refractivity contribution is 5.25. The van der Waals surface area contributed by atoms with Crippen molar-refractivity contribution in [1.82, 2.24) is 0 Å². The van der Waals surface area contributed by atoms with Crippen molar-refractivity contribution in [1.29, 1.82) is 0 Å². The van der Waals surface area contributed by atoms with E-state index in [2.05, 4.69) is 39.8 Å². The van der Waals surface area contributed by atoms with E-state index in [1.807, 2.05) is 0 Å². The summed E-state index contributed by atoms with van der Waals surface area (Å²) in [6.45, 7) is 8.61. The number of hydrogen-bond acceptors (Lipinski definition) is 0. The van der Waals surface area contributed by atoms with Gasteiger partial charge < -0.3 is 0 Å². The van der Waals surface area contributed by atoms with Gasteiger partial charge in [0.05, 0.1) is 0 Å². The van der Waals surface area contributed by atoms with E-state index in [1.54, 1.807) is 0 Å². The summed E-state index contributed by atoms with van der Waals surface area (Å²) in [7, 11) is 0. The van der Waals surface area contributed by atoms with Crippen molar-refractivity contribution in [3.05, 3.63) is 23.3 Å². The maximum atomic E-state index is 2.30. The van der Waals surface area contributed by atoms with E-state index in [0.29, 0.717) is 0 Å². The van der Waals surface area contributed by atoms with Crippen LogP contribution in [0.25, 0.3) is 0 Å². The van der Waals surface area contributed by atoms with E-state index in [1.165, 1.54) is 24.0 Å². The molecule has 0 saturated carbocycles. The molecule has 0 nitrogen and oxygen atoms in total. The average molecular weight is 138 g/mol. The molecule has 0 radical (unpaired) electrons. The lowest BCUT2D eigenvalue weighted by Crippen LogP contribution is -1.77. The molecule has 0 N–H and O–H groups in total. The number of allylic oxidation sites excluding steroid dienone is 4. The minimum Gasteiger partial charge on any atom is -0.0845 e. The Kier molecular flexibility index (Phi) is 5.00. The van der Waals surface area contributed by atoms with E-state index in [9.17, 15) is 0 Å². The van der Waals surface area contributed by atoms with Gasteiger partial charge in [0.1, 0.15) is 0 Å². The van der Waals surface area contributed by atoms with Crippen molar-refractivity contribution in [2.75, 3.05) is 0 Å². The molecule has 0 aromatic carbocycles. The van der Waals surface area contributed by atoms with E-state index in [4.69, 9.17) is 0 Å². The van der Waals surface area contributed by atoms with Crippen LogP contribution in [0.4, 0.5) is 0 Å². The molecule has 10 heavy (non-hydrogen) atoms. The molecule has 0 saturated heterocycles. The SMILES string of the molecule is CC=C(C)C(C)=CCCC. The normalized spacial score (nSPS) is 14.0. The zero-order chi connectivity index (χ0) is 7.98. The molecule has 0 fully saturated rings. The average Bonchev–Trinajstić information content (AvgIpc) is 1.98. The molecule has 0 heteroatoms. The van der Waals surface area contributed by atoms with Gasteiger partial charge in [-0.3, -0.25) is 0 Å². The summed E-state index contributed by atoms with van der Waals surface area (Å²) in [5.41, 5.74) is 2.82. The minimum atomic E-state index is 1.21. The maximum Gasteiger partial charge on any atom is -0.0348 e. The first-order valence-electron chi connectivity index (χ1n) is 4.02. The Morgan fingerprint density at radius 2 is 1.80 bits per heavy atom. The van der Waals surface area contributed by atoms with Crippen LogP contribution >= 0.6 is 0 Å². The fraction of sp³-hybridized carbons (Fsp3) is 0.600. The van der Waals surface area contributed by atoms with Crippen LogP contribution in [-0.2, 0) is 0 Å². The second kappa shape index (κ2) is 5.28. The molecule has 0 aromatic heterocycles. The number of unbranched alkanes of at least 4 members (excludes halogenated alkanes) is 1. The topological polar surface area (TPSA) is 0 Å². The Morgan fingerprint density at radius 3 is 2.20 bits per heavy atom. The Bertz CT molecular complexity index is 138. The van der Waals surface area contributed by atoms with Crippen molar-refractivity contribution < 1.29 is 0 Å². The smallest absolute Gasteiger partial charge is 0.0348 e. The van der Waals surface area contributed by atoms with E-state index < -0.39 is 0 Å². The predicted octanol–water partition coefficient (Wildman–Crippen LogP) is 3.70. The van der Waals surface area contributed by atoms with Crippen LogP contribution in [0, 0.1) is 0 Å². The highest BCUT2D eigenvalue weighted by Crippen LogP contribution is 2.08. The van der Waals surface area contributed by atoms with Crippen molar-refractivity contribution in [3.63, 3.8) is 0 Å². The molecule has 58 valence electrons. The number of hydrogen-bond donors (Lipinski definition) is 0. The second-order valence-corrected chi connectivity index (χ2v) is 2.65. The maximum absolute atomic E-state index is 2.30. The molecule has 0 amide bonds. The van der Waals surface area contributed by atoms with E-state index >= 15 is 0 Å². The van der Waals surface area contributed by atoms with Crippen LogP contribution in [0.15, 0.2) is 23.3 Å². The van der Waals surface area contributed by atoms with Crippen molar-refractivity contribution >= 4 is 0 Å². The van der Waals surface area contributed by atoms with E-state index in [-0.39, 0.29) is 0 Å². The van der Waals surface area contributed by atoms with Gasteiger partial charge in [0.2, 0.25) is 0 Å². The Hall–Kier alpha value is -0.520. The van der Waals surface area contributed by atoms with E-state index in [0.717, 1.165) is 0 Å². The summed E-state index contributed by atoms with van der Waals surface area (Å²) in [6.07, 6.45) is 6.90. The third kappa shape index (κ3) is 3.49. The van der Waals surface area contributed by atoms with Crippen LogP contribution < -0.4 is 0 Å². The molecule has 0 aliphatic rings. The predicted molar refractivity (Wildman–Crippen MR) is 48.1 cm³/mol. The van der Waals surface area contributed by atoms with Crippen LogP contribution in [0.5, 0.6) is 0 Å². The first kappa shape index (κ1) is 9.48. The van der Waals surface area contributed by atoms with Gasteiger partial charge in [-0.15, -0.1) is 0 Å². The molecule has 0 aliphatic heterocycles. The lowest BCUT2D eigenvalue weighted by atomic mass is 10.1. The molecule has 0 rings (SSSR count). The lowest BCUT2D eigenvalue weighted by molar-refractivity contribution is 0.949. The molecule has 0 unspecified atom stereocenters. The van der Waals surface area contributed by atoms with Gasteiger partial charge in [0.15, 0.2) is 0 Å². The Morgan fingerprint density at radius 1 is 1.20 bits per heavy atom. The summed E-state index contributed by atoms with van der Waals surface area (Å²) < 4.78 is 0. The molecular formula is C10H18. The van der Waals surface area contributed by atoms with Gasteiger partial charge in [0, 0.05) is 0 Å². The fourth-order valence-electron chi connectivity index (χ4n) is 0.750. The molecule has 0 bridgehead atoms. The summed E-state index contributed by atoms with van der Waals surface area (Å²) in [5, 5.41) is 0. The van der Waals surface area contributed by atoms with Gasteiger partial charge in [-0.2, -0.15) is 0 Å². The lowest BCUT2D eigenvalue weighted by Gasteiger charge is -1.98. The molecule has 0 atom stereocenters. The fourth-order valence-corrected chi connectivity index (χ4v) is 0.750. The number of rotatable bonds is 3. The largest absolute Gasteiger partial charge is 0.0845 e. The molecular weight excluding hydrogens is 120 g/mol. The highest BCUT2D eigenvalue weighted by atomic mass is 13.9. The van der Waals surface area contributed by atoms with Gasteiger partial charge in [0.25, 0.3) is 0 Å². The highest BCUT2D eigenvalue weighted by Gasteiger charge is 1.88. The zero-order valence-corrected chi connectivity index (χ0v) is 7.57. The summed E-state index contributed by atoms with van der Waals surface area (Å²) in [4.78, 5) is 0. The van der Waals surface area contributed by atoms with Crippen LogP contribution in [-0.4, -0.2) is 0 Å². The molecule has 0 spiro atoms. The van der Waals surface area contributed by atoms with Gasteiger partial charge in [-0.25, -0.2) is 0 Å². The molecule has 0 heterocycles. The van der Waals surface area contributed by atoms with Crippen molar-refractivity contribution in [2.45, 2.75) is 40.5 Å². The first-order valence-corrected chi connectivity index (χ1v) is 4.02. The van der Waals surface area contributed by atoms with Crippen LogP contribution in [0.3, 0.4) is 0 Å². The Balaban J connectivity index is 3.93. The van der Waals surface area contributed by atoms with Crippen molar-refractivity contribution in [3.8, 4) is 0 Å². The Labute approximate surface area is 64.6 Å². The summed E-state index contributed by atoms with van der Waals surface area (Å²) in [6, 6.07) is 0. The third-order valence-electron chi connectivity index (χ3n) is 1.79. The minimum absolute atomic E-state index is 1.21. The van der Waals surface area contributed by atoms with Crippen molar-refractivity contribution in [2.24, 2.45) is 0 Å². The molecule has 0 aliphatic carbocycles. The molecule has 0 aromatic rings. The van der Waals surface area contributed by atoms with Gasteiger partial charge in [-0.05, 0) is 27.2 Å². The summed E-state index contributed by atoms with van der Waals surface area (Å²) >= 11 is 0. The zero-order valence-electron chi connectivity index (χ0n) is 7.57. The monoisotopic (exact) mass is 138 g/mol.